The van der Waals surface area contributed by atoms with E-state index >= 15 is 0 Å². The molecule has 0 amide bonds. The van der Waals surface area contributed by atoms with Gasteiger partial charge in [0.05, 0.1) is 11.5 Å². The SMILES string of the molecule is C=Cc1c(Br)cc([N+](=O)[O-])c(N)c1CN(C)OC(=O)CCC. The number of benzene rings is 1. The Bertz CT molecular complexity index is 604. The standard InChI is InChI=1S/C14H18BrN3O4/c1-4-6-13(19)22-17(3)8-10-9(5-2)11(15)7-12(14(10)16)18(20)21/h5,7H,2,4,6,8,16H2,1,3H3. The average molecular weight is 372 g/mol. The monoisotopic (exact) mass is 371 g/mol. The van der Waals surface area contributed by atoms with Gasteiger partial charge in [0.2, 0.25) is 0 Å². The maximum Gasteiger partial charge on any atom is 0.325 e. The average Bonchev–Trinajstić information content (AvgIpc) is 2.42. The molecule has 0 radical (unpaired) electrons. The molecule has 22 heavy (non-hydrogen) atoms. The Morgan fingerprint density at radius 3 is 2.77 bits per heavy atom. The zero-order valence-electron chi connectivity index (χ0n) is 12.5. The number of nitrogens with two attached hydrogens (primary N) is 1. The van der Waals surface area contributed by atoms with Crippen molar-refractivity contribution in [2.45, 2.75) is 26.3 Å². The van der Waals surface area contributed by atoms with Crippen LogP contribution in [0.5, 0.6) is 0 Å². The molecule has 120 valence electrons. The molecule has 0 atom stereocenters. The first-order valence-corrected chi connectivity index (χ1v) is 7.40. The van der Waals surface area contributed by atoms with Gasteiger partial charge in [0.25, 0.3) is 5.69 Å². The lowest BCUT2D eigenvalue weighted by atomic mass is 10.0. The lowest BCUT2D eigenvalue weighted by Crippen LogP contribution is -2.24. The molecule has 0 fully saturated rings. The van der Waals surface area contributed by atoms with Crippen LogP contribution < -0.4 is 5.73 Å². The molecule has 1 aromatic rings. The van der Waals surface area contributed by atoms with E-state index in [2.05, 4.69) is 22.5 Å². The number of carbonyl (C=O) groups excluding carboxylic acids is 1. The van der Waals surface area contributed by atoms with Gasteiger partial charge in [-0.1, -0.05) is 19.6 Å². The van der Waals surface area contributed by atoms with Gasteiger partial charge in [-0.2, -0.15) is 0 Å². The molecule has 2 N–H and O–H groups in total. The van der Waals surface area contributed by atoms with Crippen molar-refractivity contribution in [2.75, 3.05) is 12.8 Å². The molecule has 0 aromatic heterocycles. The molecule has 0 bridgehead atoms. The summed E-state index contributed by atoms with van der Waals surface area (Å²) in [5, 5.41) is 12.4. The summed E-state index contributed by atoms with van der Waals surface area (Å²) in [6.45, 7) is 5.67. The Labute approximate surface area is 137 Å². The molecule has 0 spiro atoms. The molecule has 0 aliphatic heterocycles. The third-order valence-electron chi connectivity index (χ3n) is 2.94. The summed E-state index contributed by atoms with van der Waals surface area (Å²) < 4.78 is 0.506. The van der Waals surface area contributed by atoms with Gasteiger partial charge in [0, 0.05) is 29.6 Å². The number of hydroxylamine groups is 2. The van der Waals surface area contributed by atoms with Gasteiger partial charge in [-0.15, -0.1) is 5.06 Å². The van der Waals surface area contributed by atoms with Gasteiger partial charge >= 0.3 is 5.97 Å². The first-order chi connectivity index (χ1) is 10.3. The van der Waals surface area contributed by atoms with Crippen molar-refractivity contribution in [1.29, 1.82) is 0 Å². The van der Waals surface area contributed by atoms with Gasteiger partial charge in [-0.05, 0) is 27.9 Å². The molecule has 1 rings (SSSR count). The van der Waals surface area contributed by atoms with Crippen LogP contribution in [0.25, 0.3) is 6.08 Å². The second-order valence-corrected chi connectivity index (χ2v) is 5.50. The van der Waals surface area contributed by atoms with Crippen LogP contribution in [0.15, 0.2) is 17.1 Å². The lowest BCUT2D eigenvalue weighted by molar-refractivity contribution is -0.384. The van der Waals surface area contributed by atoms with E-state index in [4.69, 9.17) is 10.6 Å². The van der Waals surface area contributed by atoms with E-state index in [0.717, 1.165) is 0 Å². The Morgan fingerprint density at radius 2 is 2.27 bits per heavy atom. The first kappa shape index (κ1) is 18.1. The molecule has 0 saturated carbocycles. The number of carbonyl (C=O) groups is 1. The normalized spacial score (nSPS) is 10.5. The van der Waals surface area contributed by atoms with Crippen LogP contribution in [0.3, 0.4) is 0 Å². The predicted molar refractivity (Wildman–Crippen MR) is 87.8 cm³/mol. The number of rotatable bonds is 7. The smallest absolute Gasteiger partial charge is 0.325 e. The largest absolute Gasteiger partial charge is 0.393 e. The number of hydrogen-bond acceptors (Lipinski definition) is 6. The quantitative estimate of drug-likeness (QED) is 0.448. The highest BCUT2D eigenvalue weighted by Crippen LogP contribution is 2.35. The summed E-state index contributed by atoms with van der Waals surface area (Å²) in [7, 11) is 1.56. The minimum Gasteiger partial charge on any atom is -0.393 e. The minimum atomic E-state index is -0.556. The highest BCUT2D eigenvalue weighted by molar-refractivity contribution is 9.10. The van der Waals surface area contributed by atoms with E-state index in [1.54, 1.807) is 13.1 Å². The summed E-state index contributed by atoms with van der Waals surface area (Å²) in [5.74, 6) is -0.367. The fraction of sp³-hybridized carbons (Fsp3) is 0.357. The zero-order valence-corrected chi connectivity index (χ0v) is 14.1. The molecule has 8 heteroatoms. The lowest BCUT2D eigenvalue weighted by Gasteiger charge is -2.19. The van der Waals surface area contributed by atoms with E-state index in [9.17, 15) is 14.9 Å². The van der Waals surface area contributed by atoms with E-state index in [-0.39, 0.29) is 23.9 Å². The van der Waals surface area contributed by atoms with Crippen LogP contribution in [-0.2, 0) is 16.2 Å². The topological polar surface area (TPSA) is 98.7 Å². The first-order valence-electron chi connectivity index (χ1n) is 6.61. The zero-order chi connectivity index (χ0) is 16.9. The fourth-order valence-corrected chi connectivity index (χ4v) is 2.56. The summed E-state index contributed by atoms with van der Waals surface area (Å²) in [6.07, 6.45) is 2.52. The molecule has 0 saturated heterocycles. The maximum absolute atomic E-state index is 11.5. The Hall–Kier alpha value is -1.93. The fourth-order valence-electron chi connectivity index (χ4n) is 1.94. The van der Waals surface area contributed by atoms with Crippen molar-refractivity contribution in [3.63, 3.8) is 0 Å². The maximum atomic E-state index is 11.5. The second-order valence-electron chi connectivity index (χ2n) is 4.64. The Balaban J connectivity index is 3.14. The van der Waals surface area contributed by atoms with E-state index in [0.29, 0.717) is 28.4 Å². The summed E-state index contributed by atoms with van der Waals surface area (Å²) in [4.78, 5) is 27.1. The molecule has 7 nitrogen and oxygen atoms in total. The van der Waals surface area contributed by atoms with E-state index in [1.165, 1.54) is 11.1 Å². The van der Waals surface area contributed by atoms with Crippen molar-refractivity contribution in [3.8, 4) is 0 Å². The number of anilines is 1. The highest BCUT2D eigenvalue weighted by atomic mass is 79.9. The van der Waals surface area contributed by atoms with Gasteiger partial charge < -0.3 is 10.6 Å². The van der Waals surface area contributed by atoms with E-state index < -0.39 is 4.92 Å². The summed E-state index contributed by atoms with van der Waals surface area (Å²) in [5.41, 5.74) is 6.81. The summed E-state index contributed by atoms with van der Waals surface area (Å²) in [6, 6.07) is 1.33. The number of hydrogen-bond donors (Lipinski definition) is 1. The molecular weight excluding hydrogens is 354 g/mol. The number of nitro groups is 1. The van der Waals surface area contributed by atoms with Crippen LogP contribution in [0, 0.1) is 10.1 Å². The number of nitro benzene ring substituents is 1. The van der Waals surface area contributed by atoms with Crippen LogP contribution >= 0.6 is 15.9 Å². The van der Waals surface area contributed by atoms with E-state index in [1.807, 2.05) is 6.92 Å². The molecular formula is C14H18BrN3O4. The molecule has 0 heterocycles. The predicted octanol–water partition coefficient (Wildman–Crippen LogP) is 3.27. The highest BCUT2D eigenvalue weighted by Gasteiger charge is 2.22. The van der Waals surface area contributed by atoms with Gasteiger partial charge in [0.1, 0.15) is 5.69 Å². The third-order valence-corrected chi connectivity index (χ3v) is 3.60. The van der Waals surface area contributed by atoms with Crippen molar-refractivity contribution >= 4 is 39.4 Å². The van der Waals surface area contributed by atoms with Crippen LogP contribution in [0.2, 0.25) is 0 Å². The second kappa shape index (κ2) is 7.90. The number of halogens is 1. The van der Waals surface area contributed by atoms with Crippen molar-refractivity contribution in [1.82, 2.24) is 5.06 Å². The molecule has 0 aliphatic rings. The van der Waals surface area contributed by atoms with Crippen LogP contribution in [-0.4, -0.2) is 23.0 Å². The van der Waals surface area contributed by atoms with Crippen molar-refractivity contribution < 1.29 is 14.6 Å². The third kappa shape index (κ3) is 4.28. The summed E-state index contributed by atoms with van der Waals surface area (Å²) >= 11 is 3.27. The minimum absolute atomic E-state index is 0.0292. The van der Waals surface area contributed by atoms with Crippen molar-refractivity contribution in [3.05, 3.63) is 38.4 Å². The van der Waals surface area contributed by atoms with Crippen LogP contribution in [0.4, 0.5) is 11.4 Å². The van der Waals surface area contributed by atoms with Gasteiger partial charge in [-0.25, -0.2) is 0 Å². The molecule has 0 unspecified atom stereocenters. The number of nitrogens with zero attached hydrogens (tertiary/aromatic N) is 2. The molecule has 1 aromatic carbocycles. The Kier molecular flexibility index (Phi) is 6.51. The van der Waals surface area contributed by atoms with Gasteiger partial charge in [0.15, 0.2) is 0 Å². The number of nitrogen functional groups attached to an aromatic ring is 1. The molecule has 0 aliphatic carbocycles. The van der Waals surface area contributed by atoms with Gasteiger partial charge in [-0.3, -0.25) is 14.9 Å². The Morgan fingerprint density at radius 1 is 1.64 bits per heavy atom. The van der Waals surface area contributed by atoms with Crippen molar-refractivity contribution in [2.24, 2.45) is 0 Å². The van der Waals surface area contributed by atoms with Crippen LogP contribution in [0.1, 0.15) is 30.9 Å².